The molecule has 0 aliphatic heterocycles. The zero-order valence-corrected chi connectivity index (χ0v) is 17.0. The number of nitrogens with two attached hydrogens (primary N) is 1. The normalized spacial score (nSPS) is 13.9. The largest absolute Gasteiger partial charge is 0.480 e. The molecule has 12 heteroatoms. The smallest absolute Gasteiger partial charge is 0.322 e. The summed E-state index contributed by atoms with van der Waals surface area (Å²) in [5, 5.41) is 25.0. The quantitative estimate of drug-likeness (QED) is 0.184. The summed E-state index contributed by atoms with van der Waals surface area (Å²) in [4.78, 5) is 47.0. The number of carboxylic acids is 1. The minimum atomic E-state index is -1.26. The number of carbonyl (C=O) groups is 4. The maximum atomic E-state index is 12.3. The number of thioether (sulfide) groups is 2. The van der Waals surface area contributed by atoms with Gasteiger partial charge in [0.1, 0.15) is 18.6 Å². The second kappa shape index (κ2) is 14.5. The Kier molecular flexibility index (Phi) is 13.7. The van der Waals surface area contributed by atoms with E-state index in [2.05, 4.69) is 16.0 Å². The van der Waals surface area contributed by atoms with Gasteiger partial charge in [-0.3, -0.25) is 19.2 Å². The van der Waals surface area contributed by atoms with E-state index >= 15 is 0 Å². The lowest BCUT2D eigenvalue weighted by atomic mass is 10.1. The Morgan fingerprint density at radius 3 is 2.00 bits per heavy atom. The summed E-state index contributed by atoms with van der Waals surface area (Å²) >= 11 is 2.98. The van der Waals surface area contributed by atoms with Gasteiger partial charge < -0.3 is 31.9 Å². The Morgan fingerprint density at radius 1 is 0.926 bits per heavy atom. The van der Waals surface area contributed by atoms with E-state index in [0.29, 0.717) is 17.9 Å². The monoisotopic (exact) mass is 424 g/mol. The highest BCUT2D eigenvalue weighted by Gasteiger charge is 2.27. The van der Waals surface area contributed by atoms with E-state index < -0.39 is 55.0 Å². The molecule has 156 valence electrons. The van der Waals surface area contributed by atoms with E-state index in [-0.39, 0.29) is 6.42 Å². The molecule has 3 amide bonds. The lowest BCUT2D eigenvalue weighted by Crippen LogP contribution is -2.57. The first-order valence-electron chi connectivity index (χ1n) is 8.21. The summed E-state index contributed by atoms with van der Waals surface area (Å²) in [6.07, 6.45) is 4.37. The number of hydrogen-bond acceptors (Lipinski definition) is 8. The van der Waals surface area contributed by atoms with Crippen LogP contribution in [-0.2, 0) is 19.2 Å². The summed E-state index contributed by atoms with van der Waals surface area (Å²) in [6, 6.07) is -3.06. The van der Waals surface area contributed by atoms with Crippen LogP contribution in [0.4, 0.5) is 0 Å². The number of aliphatic hydroxyl groups is 1. The van der Waals surface area contributed by atoms with Crippen molar-refractivity contribution in [2.24, 2.45) is 5.73 Å². The summed E-state index contributed by atoms with van der Waals surface area (Å²) in [7, 11) is 0. The molecule has 0 aromatic carbocycles. The van der Waals surface area contributed by atoms with Gasteiger partial charge in [-0.2, -0.15) is 23.5 Å². The topological polar surface area (TPSA) is 171 Å². The van der Waals surface area contributed by atoms with Gasteiger partial charge in [-0.05, 0) is 36.9 Å². The van der Waals surface area contributed by atoms with Gasteiger partial charge in [0.25, 0.3) is 0 Å². The predicted octanol–water partition coefficient (Wildman–Crippen LogP) is -2.02. The highest BCUT2D eigenvalue weighted by atomic mass is 32.2. The van der Waals surface area contributed by atoms with Crippen molar-refractivity contribution in [3.63, 3.8) is 0 Å². The van der Waals surface area contributed by atoms with Gasteiger partial charge in [0.2, 0.25) is 17.7 Å². The number of amides is 3. The Bertz CT molecular complexity index is 509. The fraction of sp³-hybridized carbons (Fsp3) is 0.733. The molecule has 0 saturated heterocycles. The van der Waals surface area contributed by atoms with E-state index in [1.807, 2.05) is 12.5 Å². The molecule has 0 radical (unpaired) electrons. The Balaban J connectivity index is 4.85. The van der Waals surface area contributed by atoms with Crippen molar-refractivity contribution in [1.82, 2.24) is 16.0 Å². The van der Waals surface area contributed by atoms with E-state index in [0.717, 1.165) is 0 Å². The third-order valence-electron chi connectivity index (χ3n) is 3.44. The molecule has 0 rings (SSSR count). The Labute approximate surface area is 166 Å². The number of aliphatic hydroxyl groups excluding tert-OH is 1. The second-order valence-electron chi connectivity index (χ2n) is 5.59. The highest BCUT2D eigenvalue weighted by Crippen LogP contribution is 2.03. The van der Waals surface area contributed by atoms with E-state index in [1.54, 1.807) is 0 Å². The maximum absolute atomic E-state index is 12.3. The second-order valence-corrected chi connectivity index (χ2v) is 7.56. The Hall–Kier alpha value is -1.50. The van der Waals surface area contributed by atoms with Gasteiger partial charge in [-0.1, -0.05) is 0 Å². The Morgan fingerprint density at radius 2 is 1.48 bits per heavy atom. The first kappa shape index (κ1) is 25.5. The first-order chi connectivity index (χ1) is 12.8. The fourth-order valence-electron chi connectivity index (χ4n) is 1.91. The molecule has 0 fully saturated rings. The number of nitrogens with one attached hydrogen (secondary N) is 3. The van der Waals surface area contributed by atoms with Crippen molar-refractivity contribution in [1.29, 1.82) is 0 Å². The van der Waals surface area contributed by atoms with E-state index in [4.69, 9.17) is 10.8 Å². The van der Waals surface area contributed by atoms with Crippen molar-refractivity contribution in [3.05, 3.63) is 0 Å². The average molecular weight is 425 g/mol. The standard InChI is InChI=1S/C15H28N4O6S2/c1-26-5-3-9(16)13(23)19-11(8-20)15(25)18-10(4-6-27-2)14(24)17-7-12(21)22/h9-11,20H,3-8,16H2,1-2H3,(H,17,24)(H,18,25)(H,19,23)(H,21,22). The van der Waals surface area contributed by atoms with Crippen LogP contribution in [0.25, 0.3) is 0 Å². The van der Waals surface area contributed by atoms with Crippen LogP contribution >= 0.6 is 23.5 Å². The molecule has 3 unspecified atom stereocenters. The molecule has 10 nitrogen and oxygen atoms in total. The maximum Gasteiger partial charge on any atom is 0.322 e. The fourth-order valence-corrected chi connectivity index (χ4v) is 2.87. The number of rotatable bonds is 14. The summed E-state index contributed by atoms with van der Waals surface area (Å²) < 4.78 is 0. The summed E-state index contributed by atoms with van der Waals surface area (Å²) in [5.41, 5.74) is 5.73. The first-order valence-corrected chi connectivity index (χ1v) is 11.0. The number of hydrogen-bond donors (Lipinski definition) is 6. The van der Waals surface area contributed by atoms with Crippen LogP contribution in [0, 0.1) is 0 Å². The number of carbonyl (C=O) groups excluding carboxylic acids is 3. The highest BCUT2D eigenvalue weighted by molar-refractivity contribution is 7.98. The van der Waals surface area contributed by atoms with Gasteiger partial charge in [-0.15, -0.1) is 0 Å². The van der Waals surface area contributed by atoms with Crippen molar-refractivity contribution >= 4 is 47.2 Å². The molecule has 0 aromatic rings. The van der Waals surface area contributed by atoms with Crippen molar-refractivity contribution in [2.75, 3.05) is 37.2 Å². The lowest BCUT2D eigenvalue weighted by Gasteiger charge is -2.22. The lowest BCUT2D eigenvalue weighted by molar-refractivity contribution is -0.138. The minimum absolute atomic E-state index is 0.262. The van der Waals surface area contributed by atoms with Crippen LogP contribution in [0.1, 0.15) is 12.8 Å². The zero-order valence-electron chi connectivity index (χ0n) is 15.4. The third-order valence-corrected chi connectivity index (χ3v) is 4.73. The molecule has 7 N–H and O–H groups in total. The average Bonchev–Trinajstić information content (AvgIpc) is 2.64. The number of aliphatic carboxylic acids is 1. The minimum Gasteiger partial charge on any atom is -0.480 e. The van der Waals surface area contributed by atoms with Crippen molar-refractivity contribution in [3.8, 4) is 0 Å². The molecule has 27 heavy (non-hydrogen) atoms. The third kappa shape index (κ3) is 11.1. The van der Waals surface area contributed by atoms with Crippen LogP contribution < -0.4 is 21.7 Å². The molecule has 0 saturated carbocycles. The van der Waals surface area contributed by atoms with Crippen molar-refractivity contribution < 1.29 is 29.4 Å². The van der Waals surface area contributed by atoms with Crippen LogP contribution in [0.3, 0.4) is 0 Å². The van der Waals surface area contributed by atoms with Gasteiger partial charge in [0, 0.05) is 0 Å². The zero-order chi connectivity index (χ0) is 20.8. The number of carboxylic acid groups (broad SMARTS) is 1. The summed E-state index contributed by atoms with van der Waals surface area (Å²) in [6.45, 7) is -1.24. The molecule has 0 heterocycles. The molecule has 0 aromatic heterocycles. The van der Waals surface area contributed by atoms with E-state index in [9.17, 15) is 24.3 Å². The molecule has 0 aliphatic rings. The van der Waals surface area contributed by atoms with Crippen molar-refractivity contribution in [2.45, 2.75) is 31.0 Å². The molecule has 0 aliphatic carbocycles. The van der Waals surface area contributed by atoms with Gasteiger partial charge >= 0.3 is 5.97 Å². The predicted molar refractivity (Wildman–Crippen MR) is 106 cm³/mol. The van der Waals surface area contributed by atoms with Crippen LogP contribution in [-0.4, -0.2) is 89.2 Å². The van der Waals surface area contributed by atoms with Gasteiger partial charge in [0.05, 0.1) is 12.6 Å². The van der Waals surface area contributed by atoms with Crippen LogP contribution in [0.15, 0.2) is 0 Å². The van der Waals surface area contributed by atoms with Crippen LogP contribution in [0.2, 0.25) is 0 Å². The molecule has 0 bridgehead atoms. The molecular formula is C15H28N4O6S2. The van der Waals surface area contributed by atoms with Gasteiger partial charge in [-0.25, -0.2) is 0 Å². The van der Waals surface area contributed by atoms with Crippen LogP contribution in [0.5, 0.6) is 0 Å². The molecule has 3 atom stereocenters. The molecule has 0 spiro atoms. The van der Waals surface area contributed by atoms with Gasteiger partial charge in [0.15, 0.2) is 0 Å². The molecular weight excluding hydrogens is 396 g/mol. The van der Waals surface area contributed by atoms with E-state index in [1.165, 1.54) is 23.5 Å². The SMILES string of the molecule is CSCCC(N)C(=O)NC(CO)C(=O)NC(CCSC)C(=O)NCC(=O)O. The summed E-state index contributed by atoms with van der Waals surface area (Å²) in [5.74, 6) is -1.97.